The third kappa shape index (κ3) is 5.75. The van der Waals surface area contributed by atoms with Gasteiger partial charge in [-0.05, 0) is 100 Å². The first-order chi connectivity index (χ1) is 28.3. The van der Waals surface area contributed by atoms with Crippen LogP contribution in [0, 0.1) is 0 Å². The second kappa shape index (κ2) is 13.7. The molecular weight excluding hydrogens is 693 g/mol. The van der Waals surface area contributed by atoms with Gasteiger partial charge in [-0.3, -0.25) is 0 Å². The minimum atomic E-state index is 0.214. The van der Waals surface area contributed by atoms with E-state index < -0.39 is 0 Å². The largest absolute Gasteiger partial charge is 0.456 e. The van der Waals surface area contributed by atoms with Crippen LogP contribution in [0.5, 0.6) is 0 Å². The first kappa shape index (κ1) is 33.0. The Morgan fingerprint density at radius 1 is 0.456 bits per heavy atom. The second-order valence-corrected chi connectivity index (χ2v) is 14.9. The molecule has 0 fully saturated rings. The summed E-state index contributed by atoms with van der Waals surface area (Å²) in [5.74, 6) is 0. The quantitative estimate of drug-likeness (QED) is 0.163. The third-order valence-corrected chi connectivity index (χ3v) is 11.5. The van der Waals surface area contributed by atoms with Gasteiger partial charge < -0.3 is 13.9 Å². The van der Waals surface area contributed by atoms with E-state index in [-0.39, 0.29) is 6.04 Å². The van der Waals surface area contributed by atoms with Crippen molar-refractivity contribution in [2.45, 2.75) is 12.5 Å². The van der Waals surface area contributed by atoms with Gasteiger partial charge in [0.05, 0.1) is 6.04 Å². The highest BCUT2D eigenvalue weighted by Crippen LogP contribution is 2.42. The molecule has 57 heavy (non-hydrogen) atoms. The Morgan fingerprint density at radius 2 is 1.05 bits per heavy atom. The second-order valence-electron chi connectivity index (χ2n) is 14.9. The van der Waals surface area contributed by atoms with Gasteiger partial charge in [-0.25, -0.2) is 0 Å². The number of rotatable bonds is 7. The van der Waals surface area contributed by atoms with Crippen LogP contribution < -0.4 is 4.90 Å². The SMILES string of the molecule is C1=CC(c2ccc(N(c3cccc(-c4ccccc4)c3)c3cccc(-c4cccc5oc6ccccc6c45)c3)cc2)=CC(n2c3ccccc3c3ccccc32)C1. The Bertz CT molecular complexity index is 3110. The lowest BCUT2D eigenvalue weighted by atomic mass is 9.96. The van der Waals surface area contributed by atoms with Crippen molar-refractivity contribution in [3.05, 3.63) is 218 Å². The Kier molecular flexibility index (Phi) is 7.96. The molecule has 0 radical (unpaired) electrons. The summed E-state index contributed by atoms with van der Waals surface area (Å²) in [6.45, 7) is 0. The number of hydrogen-bond acceptors (Lipinski definition) is 2. The fourth-order valence-corrected chi connectivity index (χ4v) is 8.88. The van der Waals surface area contributed by atoms with Gasteiger partial charge in [-0.2, -0.15) is 0 Å². The average molecular weight is 731 g/mol. The molecule has 2 aromatic heterocycles. The number of nitrogens with zero attached hydrogens (tertiary/aromatic N) is 2. The highest BCUT2D eigenvalue weighted by molar-refractivity contribution is 6.12. The lowest BCUT2D eigenvalue weighted by molar-refractivity contribution is 0.650. The van der Waals surface area contributed by atoms with Crippen LogP contribution in [0.15, 0.2) is 217 Å². The van der Waals surface area contributed by atoms with E-state index in [9.17, 15) is 0 Å². The molecule has 0 bridgehead atoms. The Balaban J connectivity index is 1.01. The minimum absolute atomic E-state index is 0.214. The molecule has 1 aliphatic rings. The standard InChI is InChI=1S/C54H38N2O/c1-2-14-37(15-3-1)39-16-10-19-43(34-39)55(44-20-12-18-41(36-44)46-25-13-29-53-54(46)49-24-6-9-28-52(49)57-53)42-32-30-38(31-33-42)40-17-11-21-45(35-40)56-50-26-7-4-22-47(50)48-23-5-8-27-51(48)56/h1-20,22-36,45H,21H2. The molecule has 270 valence electrons. The fourth-order valence-electron chi connectivity index (χ4n) is 8.88. The van der Waals surface area contributed by atoms with Crippen molar-refractivity contribution < 1.29 is 4.42 Å². The first-order valence-electron chi connectivity index (χ1n) is 19.7. The van der Waals surface area contributed by atoms with Crippen LogP contribution in [0.1, 0.15) is 18.0 Å². The number of anilines is 3. The molecular formula is C54H38N2O. The van der Waals surface area contributed by atoms with Crippen LogP contribution in [-0.2, 0) is 0 Å². The Labute approximate surface area is 331 Å². The zero-order chi connectivity index (χ0) is 37.7. The van der Waals surface area contributed by atoms with E-state index in [1.807, 2.05) is 12.1 Å². The number of hydrogen-bond donors (Lipinski definition) is 0. The first-order valence-corrected chi connectivity index (χ1v) is 19.7. The Hall–Kier alpha value is -7.36. The van der Waals surface area contributed by atoms with E-state index in [0.29, 0.717) is 0 Å². The molecule has 0 amide bonds. The minimum Gasteiger partial charge on any atom is -0.456 e. The van der Waals surface area contributed by atoms with Crippen LogP contribution in [0.4, 0.5) is 17.1 Å². The summed E-state index contributed by atoms with van der Waals surface area (Å²) >= 11 is 0. The number of fused-ring (bicyclic) bond motifs is 6. The van der Waals surface area contributed by atoms with Crippen molar-refractivity contribution in [2.75, 3.05) is 4.90 Å². The summed E-state index contributed by atoms with van der Waals surface area (Å²) in [5.41, 5.74) is 14.7. The van der Waals surface area contributed by atoms with Crippen molar-refractivity contribution >= 4 is 66.4 Å². The summed E-state index contributed by atoms with van der Waals surface area (Å²) in [6, 6.07) is 69.9. The highest BCUT2D eigenvalue weighted by atomic mass is 16.3. The van der Waals surface area contributed by atoms with Crippen LogP contribution in [0.2, 0.25) is 0 Å². The third-order valence-electron chi connectivity index (χ3n) is 11.5. The molecule has 0 aliphatic heterocycles. The van der Waals surface area contributed by atoms with E-state index in [1.165, 1.54) is 44.1 Å². The molecule has 8 aromatic carbocycles. The number of benzene rings is 8. The van der Waals surface area contributed by atoms with Crippen molar-refractivity contribution in [1.29, 1.82) is 0 Å². The van der Waals surface area contributed by atoms with Gasteiger partial charge in [0.2, 0.25) is 0 Å². The summed E-state index contributed by atoms with van der Waals surface area (Å²) in [7, 11) is 0. The Morgan fingerprint density at radius 3 is 1.81 bits per heavy atom. The topological polar surface area (TPSA) is 21.3 Å². The number of furan rings is 1. The van der Waals surface area contributed by atoms with Crippen LogP contribution in [0.3, 0.4) is 0 Å². The zero-order valence-corrected chi connectivity index (χ0v) is 31.3. The van der Waals surface area contributed by atoms with Gasteiger partial charge in [0, 0.05) is 49.6 Å². The average Bonchev–Trinajstić information content (AvgIpc) is 3.84. The molecule has 11 rings (SSSR count). The van der Waals surface area contributed by atoms with Crippen LogP contribution >= 0.6 is 0 Å². The van der Waals surface area contributed by atoms with E-state index in [1.54, 1.807) is 0 Å². The maximum atomic E-state index is 6.29. The molecule has 0 N–H and O–H groups in total. The van der Waals surface area contributed by atoms with E-state index in [0.717, 1.165) is 56.5 Å². The monoisotopic (exact) mass is 730 g/mol. The van der Waals surface area contributed by atoms with Gasteiger partial charge in [0.15, 0.2) is 0 Å². The van der Waals surface area contributed by atoms with E-state index in [2.05, 4.69) is 210 Å². The summed E-state index contributed by atoms with van der Waals surface area (Å²) < 4.78 is 8.81. The van der Waals surface area contributed by atoms with E-state index >= 15 is 0 Å². The summed E-state index contributed by atoms with van der Waals surface area (Å²) in [6.07, 6.45) is 8.01. The number of aromatic nitrogens is 1. The molecule has 1 atom stereocenters. The van der Waals surface area contributed by atoms with Gasteiger partial charge >= 0.3 is 0 Å². The predicted molar refractivity (Wildman–Crippen MR) is 239 cm³/mol. The molecule has 3 nitrogen and oxygen atoms in total. The van der Waals surface area contributed by atoms with Crippen LogP contribution in [-0.4, -0.2) is 4.57 Å². The van der Waals surface area contributed by atoms with Crippen LogP contribution in [0.25, 0.3) is 71.6 Å². The predicted octanol–water partition coefficient (Wildman–Crippen LogP) is 15.1. The molecule has 2 heterocycles. The molecule has 0 spiro atoms. The van der Waals surface area contributed by atoms with Crippen molar-refractivity contribution in [1.82, 2.24) is 4.57 Å². The molecule has 1 aliphatic carbocycles. The van der Waals surface area contributed by atoms with Crippen molar-refractivity contribution in [2.24, 2.45) is 0 Å². The fraction of sp³-hybridized carbons (Fsp3) is 0.0370. The molecule has 3 heteroatoms. The molecule has 0 saturated heterocycles. The van der Waals surface area contributed by atoms with Crippen molar-refractivity contribution in [3.8, 4) is 22.3 Å². The van der Waals surface area contributed by atoms with Gasteiger partial charge in [-0.1, -0.05) is 152 Å². The van der Waals surface area contributed by atoms with Gasteiger partial charge in [0.25, 0.3) is 0 Å². The zero-order valence-electron chi connectivity index (χ0n) is 31.3. The molecule has 10 aromatic rings. The smallest absolute Gasteiger partial charge is 0.136 e. The van der Waals surface area contributed by atoms with Gasteiger partial charge in [0.1, 0.15) is 11.2 Å². The maximum Gasteiger partial charge on any atom is 0.136 e. The normalized spacial score (nSPS) is 14.1. The maximum absolute atomic E-state index is 6.29. The van der Waals surface area contributed by atoms with Gasteiger partial charge in [-0.15, -0.1) is 0 Å². The van der Waals surface area contributed by atoms with E-state index in [4.69, 9.17) is 4.42 Å². The summed E-state index contributed by atoms with van der Waals surface area (Å²) in [5, 5.41) is 4.87. The summed E-state index contributed by atoms with van der Waals surface area (Å²) in [4.78, 5) is 2.37. The lowest BCUT2D eigenvalue weighted by Crippen LogP contribution is -2.10. The molecule has 0 saturated carbocycles. The van der Waals surface area contributed by atoms with Crippen molar-refractivity contribution in [3.63, 3.8) is 0 Å². The molecule has 1 unspecified atom stereocenters. The lowest BCUT2D eigenvalue weighted by Gasteiger charge is -2.27. The highest BCUT2D eigenvalue weighted by Gasteiger charge is 2.20. The number of para-hydroxylation sites is 3. The number of allylic oxidation sites excluding steroid dienone is 4.